The van der Waals surface area contributed by atoms with Gasteiger partial charge in [-0.15, -0.1) is 0 Å². The lowest BCUT2D eigenvalue weighted by Gasteiger charge is -2.33. The maximum atomic E-state index is 12.7. The summed E-state index contributed by atoms with van der Waals surface area (Å²) in [5.41, 5.74) is -5.70. The van der Waals surface area contributed by atoms with Crippen molar-refractivity contribution in [2.24, 2.45) is 0 Å². The number of nitrogens with one attached hydrogen (secondary N) is 2. The third-order valence-electron chi connectivity index (χ3n) is 3.01. The number of halogens is 6. The zero-order valence-corrected chi connectivity index (χ0v) is 9.86. The lowest BCUT2D eigenvalue weighted by Crippen LogP contribution is -2.54. The standard InChI is InChI=1S/C11H10F6N2O/c12-10(13,14)9(20,11(15,16)17)6-1-2-7-8(5-6)19-4-3-18-7/h1-2,5,18-20H,3-4H2. The zero-order chi connectivity index (χ0) is 15.2. The number of hydrogen-bond donors (Lipinski definition) is 3. The van der Waals surface area contributed by atoms with Crippen molar-refractivity contribution in [2.75, 3.05) is 23.7 Å². The molecule has 1 aromatic rings. The second-order valence-corrected chi connectivity index (χ2v) is 4.32. The molecule has 20 heavy (non-hydrogen) atoms. The fourth-order valence-electron chi connectivity index (χ4n) is 1.95. The summed E-state index contributed by atoms with van der Waals surface area (Å²) in [5.74, 6) is 0. The molecule has 0 bridgehead atoms. The molecule has 0 radical (unpaired) electrons. The van der Waals surface area contributed by atoms with Crippen molar-refractivity contribution in [1.82, 2.24) is 0 Å². The fourth-order valence-corrected chi connectivity index (χ4v) is 1.95. The van der Waals surface area contributed by atoms with Gasteiger partial charge in [0.2, 0.25) is 0 Å². The summed E-state index contributed by atoms with van der Waals surface area (Å²) >= 11 is 0. The Bertz CT molecular complexity index is 497. The van der Waals surface area contributed by atoms with Crippen LogP contribution in [0.4, 0.5) is 37.7 Å². The summed E-state index contributed by atoms with van der Waals surface area (Å²) in [6.45, 7) is 0.849. The number of fused-ring (bicyclic) bond motifs is 1. The van der Waals surface area contributed by atoms with Crippen LogP contribution < -0.4 is 10.6 Å². The van der Waals surface area contributed by atoms with Gasteiger partial charge in [0.15, 0.2) is 0 Å². The predicted molar refractivity (Wildman–Crippen MR) is 59.4 cm³/mol. The van der Waals surface area contributed by atoms with Gasteiger partial charge in [-0.05, 0) is 12.1 Å². The van der Waals surface area contributed by atoms with E-state index in [4.69, 9.17) is 0 Å². The zero-order valence-electron chi connectivity index (χ0n) is 9.86. The van der Waals surface area contributed by atoms with E-state index in [0.717, 1.165) is 6.07 Å². The van der Waals surface area contributed by atoms with Crippen molar-refractivity contribution in [2.45, 2.75) is 18.0 Å². The third-order valence-corrected chi connectivity index (χ3v) is 3.01. The van der Waals surface area contributed by atoms with Crippen LogP contribution in [0.25, 0.3) is 0 Å². The Labute approximate surface area is 109 Å². The van der Waals surface area contributed by atoms with E-state index in [1.54, 1.807) is 0 Å². The lowest BCUT2D eigenvalue weighted by atomic mass is 9.91. The number of benzene rings is 1. The van der Waals surface area contributed by atoms with Gasteiger partial charge >= 0.3 is 12.4 Å². The Kier molecular flexibility index (Phi) is 3.28. The maximum Gasteiger partial charge on any atom is 0.430 e. The highest BCUT2D eigenvalue weighted by Crippen LogP contribution is 2.50. The molecule has 1 aromatic carbocycles. The second-order valence-electron chi connectivity index (χ2n) is 4.32. The van der Waals surface area contributed by atoms with E-state index in [-0.39, 0.29) is 5.69 Å². The second kappa shape index (κ2) is 4.44. The molecule has 112 valence electrons. The number of rotatable bonds is 1. The minimum atomic E-state index is -5.87. The Morgan fingerprint density at radius 2 is 1.35 bits per heavy atom. The van der Waals surface area contributed by atoms with E-state index in [9.17, 15) is 31.4 Å². The molecule has 0 amide bonds. The first kappa shape index (κ1) is 14.8. The molecule has 0 aromatic heterocycles. The first-order valence-electron chi connectivity index (χ1n) is 5.55. The van der Waals surface area contributed by atoms with Gasteiger partial charge < -0.3 is 15.7 Å². The molecule has 0 fully saturated rings. The van der Waals surface area contributed by atoms with Crippen LogP contribution in [0.1, 0.15) is 5.56 Å². The summed E-state index contributed by atoms with van der Waals surface area (Å²) in [4.78, 5) is 0. The molecule has 0 saturated carbocycles. The Morgan fingerprint density at radius 3 is 1.85 bits per heavy atom. The molecule has 2 rings (SSSR count). The largest absolute Gasteiger partial charge is 0.430 e. The first-order valence-corrected chi connectivity index (χ1v) is 5.55. The van der Waals surface area contributed by atoms with Crippen molar-refractivity contribution in [3.05, 3.63) is 23.8 Å². The van der Waals surface area contributed by atoms with Crippen molar-refractivity contribution in [1.29, 1.82) is 0 Å². The number of hydrogen-bond acceptors (Lipinski definition) is 3. The van der Waals surface area contributed by atoms with E-state index < -0.39 is 23.5 Å². The van der Waals surface area contributed by atoms with Crippen LogP contribution in [0.15, 0.2) is 18.2 Å². The molecule has 3 N–H and O–H groups in total. The maximum absolute atomic E-state index is 12.7. The minimum Gasteiger partial charge on any atom is -0.382 e. The van der Waals surface area contributed by atoms with E-state index in [2.05, 4.69) is 10.6 Å². The normalized spacial score (nSPS) is 16.1. The average Bonchev–Trinajstić information content (AvgIpc) is 2.34. The Balaban J connectivity index is 2.56. The van der Waals surface area contributed by atoms with E-state index in [0.29, 0.717) is 30.9 Å². The highest BCUT2D eigenvalue weighted by atomic mass is 19.4. The summed E-state index contributed by atoms with van der Waals surface area (Å²) < 4.78 is 76.3. The van der Waals surface area contributed by atoms with Crippen LogP contribution >= 0.6 is 0 Å². The Hall–Kier alpha value is -1.64. The van der Waals surface area contributed by atoms with Gasteiger partial charge in [0.1, 0.15) is 0 Å². The molecule has 1 heterocycles. The molecule has 1 aliphatic heterocycles. The SMILES string of the molecule is OC(c1ccc2c(c1)NCCN2)(C(F)(F)F)C(F)(F)F. The molecule has 0 atom stereocenters. The minimum absolute atomic E-state index is 0.0840. The number of aliphatic hydroxyl groups is 1. The molecule has 3 nitrogen and oxygen atoms in total. The van der Waals surface area contributed by atoms with Crippen LogP contribution in [0, 0.1) is 0 Å². The van der Waals surface area contributed by atoms with E-state index >= 15 is 0 Å². The molecule has 9 heteroatoms. The quantitative estimate of drug-likeness (QED) is 0.699. The summed E-state index contributed by atoms with van der Waals surface area (Å²) in [6.07, 6.45) is -11.7. The van der Waals surface area contributed by atoms with Gasteiger partial charge in [0.05, 0.1) is 11.4 Å². The van der Waals surface area contributed by atoms with Crippen LogP contribution in [0.5, 0.6) is 0 Å². The van der Waals surface area contributed by atoms with Gasteiger partial charge in [-0.25, -0.2) is 0 Å². The summed E-state index contributed by atoms with van der Waals surface area (Å²) in [7, 11) is 0. The van der Waals surface area contributed by atoms with E-state index in [1.165, 1.54) is 0 Å². The molecule has 0 unspecified atom stereocenters. The van der Waals surface area contributed by atoms with Crippen LogP contribution in [0.2, 0.25) is 0 Å². The molecule has 0 spiro atoms. The predicted octanol–water partition coefficient (Wildman–Crippen LogP) is 2.84. The molecular formula is C11H10F6N2O. The first-order chi connectivity index (χ1) is 9.07. The van der Waals surface area contributed by atoms with Crippen molar-refractivity contribution < 1.29 is 31.4 Å². The van der Waals surface area contributed by atoms with Crippen molar-refractivity contribution in [3.63, 3.8) is 0 Å². The average molecular weight is 300 g/mol. The van der Waals surface area contributed by atoms with Crippen LogP contribution in [-0.4, -0.2) is 30.5 Å². The van der Waals surface area contributed by atoms with Gasteiger partial charge in [-0.1, -0.05) is 6.07 Å². The summed E-state index contributed by atoms with van der Waals surface area (Å²) in [6, 6.07) is 2.33. The molecule has 0 saturated heterocycles. The smallest absolute Gasteiger partial charge is 0.382 e. The molecule has 0 aliphatic carbocycles. The van der Waals surface area contributed by atoms with Gasteiger partial charge in [0, 0.05) is 18.7 Å². The van der Waals surface area contributed by atoms with Gasteiger partial charge in [0.25, 0.3) is 5.60 Å². The van der Waals surface area contributed by atoms with Gasteiger partial charge in [-0.2, -0.15) is 26.3 Å². The van der Waals surface area contributed by atoms with Crippen molar-refractivity contribution in [3.8, 4) is 0 Å². The highest BCUT2D eigenvalue weighted by Gasteiger charge is 2.71. The monoisotopic (exact) mass is 300 g/mol. The Morgan fingerprint density at radius 1 is 0.850 bits per heavy atom. The topological polar surface area (TPSA) is 44.3 Å². The molecular weight excluding hydrogens is 290 g/mol. The lowest BCUT2D eigenvalue weighted by molar-refractivity contribution is -0.376. The summed E-state index contributed by atoms with van der Waals surface area (Å²) in [5, 5.41) is 14.7. The third kappa shape index (κ3) is 2.15. The molecule has 1 aliphatic rings. The van der Waals surface area contributed by atoms with Crippen LogP contribution in [-0.2, 0) is 5.60 Å². The van der Waals surface area contributed by atoms with Crippen molar-refractivity contribution >= 4 is 11.4 Å². The number of alkyl halides is 6. The van der Waals surface area contributed by atoms with Crippen LogP contribution in [0.3, 0.4) is 0 Å². The fraction of sp³-hybridized carbons (Fsp3) is 0.455. The highest BCUT2D eigenvalue weighted by molar-refractivity contribution is 5.72. The van der Waals surface area contributed by atoms with Gasteiger partial charge in [-0.3, -0.25) is 0 Å². The van der Waals surface area contributed by atoms with E-state index in [1.807, 2.05) is 0 Å². The number of anilines is 2.